The average Bonchev–Trinajstić information content (AvgIpc) is 2.72. The van der Waals surface area contributed by atoms with Gasteiger partial charge < -0.3 is 14.8 Å². The van der Waals surface area contributed by atoms with E-state index in [9.17, 15) is 4.79 Å². The molecule has 0 aliphatic rings. The van der Waals surface area contributed by atoms with Crippen molar-refractivity contribution in [1.82, 2.24) is 4.98 Å². The number of nitrogens with zero attached hydrogens (tertiary/aromatic N) is 1. The number of halogens is 1. The number of aryl methyl sites for hydroxylation is 1. The van der Waals surface area contributed by atoms with E-state index in [-0.39, 0.29) is 11.7 Å². The molecule has 0 radical (unpaired) electrons. The first-order valence-corrected chi connectivity index (χ1v) is 5.57. The Morgan fingerprint density at radius 2 is 2.29 bits per heavy atom. The second-order valence-corrected chi connectivity index (χ2v) is 4.31. The molecular formula is C11H9BrN2O3. The minimum Gasteiger partial charge on any atom is -0.476 e. The number of rotatable bonds is 3. The standard InChI is InChI=1S/C11H9BrN2O3/c1-6-2-3-7(12)8(4-6)13-11-14-9(5-17-11)10(15)16/h2-5H,1H3,(H,13,14)(H,15,16). The summed E-state index contributed by atoms with van der Waals surface area (Å²) in [6.07, 6.45) is 1.09. The zero-order valence-electron chi connectivity index (χ0n) is 8.90. The topological polar surface area (TPSA) is 75.4 Å². The van der Waals surface area contributed by atoms with Crippen molar-refractivity contribution in [1.29, 1.82) is 0 Å². The van der Waals surface area contributed by atoms with E-state index in [1.54, 1.807) is 0 Å². The largest absolute Gasteiger partial charge is 0.476 e. The lowest BCUT2D eigenvalue weighted by Gasteiger charge is -2.05. The molecule has 0 bridgehead atoms. The van der Waals surface area contributed by atoms with Gasteiger partial charge in [0, 0.05) is 4.47 Å². The Labute approximate surface area is 106 Å². The van der Waals surface area contributed by atoms with Crippen molar-refractivity contribution in [2.45, 2.75) is 6.92 Å². The molecule has 0 saturated heterocycles. The quantitative estimate of drug-likeness (QED) is 0.910. The Hall–Kier alpha value is -1.82. The van der Waals surface area contributed by atoms with Crippen LogP contribution in [0.2, 0.25) is 0 Å². The zero-order chi connectivity index (χ0) is 12.4. The van der Waals surface area contributed by atoms with Crippen molar-refractivity contribution in [3.05, 3.63) is 40.2 Å². The first-order valence-electron chi connectivity index (χ1n) is 4.78. The predicted molar refractivity (Wildman–Crippen MR) is 65.6 cm³/mol. The fourth-order valence-electron chi connectivity index (χ4n) is 1.28. The summed E-state index contributed by atoms with van der Waals surface area (Å²) in [4.78, 5) is 14.4. The first kappa shape index (κ1) is 11.7. The molecule has 0 saturated carbocycles. The molecule has 1 aromatic heterocycles. The molecular weight excluding hydrogens is 288 g/mol. The first-order chi connectivity index (χ1) is 8.06. The number of nitrogens with one attached hydrogen (secondary N) is 1. The molecule has 1 aromatic carbocycles. The number of aromatic nitrogens is 1. The summed E-state index contributed by atoms with van der Waals surface area (Å²) < 4.78 is 5.85. The average molecular weight is 297 g/mol. The highest BCUT2D eigenvalue weighted by atomic mass is 79.9. The van der Waals surface area contributed by atoms with Crippen LogP contribution in [0.1, 0.15) is 16.1 Å². The minimum absolute atomic E-state index is 0.128. The monoisotopic (exact) mass is 296 g/mol. The summed E-state index contributed by atoms with van der Waals surface area (Å²) in [5, 5.41) is 11.6. The van der Waals surface area contributed by atoms with E-state index in [0.29, 0.717) is 0 Å². The van der Waals surface area contributed by atoms with Gasteiger partial charge in [0.05, 0.1) is 5.69 Å². The van der Waals surface area contributed by atoms with Gasteiger partial charge in [-0.1, -0.05) is 6.07 Å². The molecule has 0 spiro atoms. The number of carboxylic acids is 1. The molecule has 0 fully saturated rings. The Bertz CT molecular complexity index is 566. The van der Waals surface area contributed by atoms with E-state index in [1.807, 2.05) is 25.1 Å². The van der Waals surface area contributed by atoms with Crippen LogP contribution in [0.25, 0.3) is 0 Å². The van der Waals surface area contributed by atoms with E-state index in [0.717, 1.165) is 22.0 Å². The Kier molecular flexibility index (Phi) is 3.14. The number of carbonyl (C=O) groups is 1. The van der Waals surface area contributed by atoms with Gasteiger partial charge in [-0.15, -0.1) is 0 Å². The number of hydrogen-bond acceptors (Lipinski definition) is 4. The molecule has 17 heavy (non-hydrogen) atoms. The van der Waals surface area contributed by atoms with Gasteiger partial charge in [-0.2, -0.15) is 4.98 Å². The molecule has 0 unspecified atom stereocenters. The van der Waals surface area contributed by atoms with Crippen molar-refractivity contribution in [3.8, 4) is 0 Å². The van der Waals surface area contributed by atoms with Gasteiger partial charge in [0.1, 0.15) is 6.26 Å². The number of hydrogen-bond donors (Lipinski definition) is 2. The molecule has 0 atom stereocenters. The highest BCUT2D eigenvalue weighted by Crippen LogP contribution is 2.26. The van der Waals surface area contributed by atoms with E-state index >= 15 is 0 Å². The summed E-state index contributed by atoms with van der Waals surface area (Å²) in [5.41, 5.74) is 1.71. The SMILES string of the molecule is Cc1ccc(Br)c(Nc2nc(C(=O)O)co2)c1. The van der Waals surface area contributed by atoms with Crippen molar-refractivity contribution in [3.63, 3.8) is 0 Å². The van der Waals surface area contributed by atoms with Crippen LogP contribution in [0.15, 0.2) is 33.4 Å². The van der Waals surface area contributed by atoms with E-state index in [4.69, 9.17) is 9.52 Å². The van der Waals surface area contributed by atoms with Gasteiger partial charge in [0.25, 0.3) is 6.01 Å². The lowest BCUT2D eigenvalue weighted by molar-refractivity contribution is 0.0690. The lowest BCUT2D eigenvalue weighted by atomic mass is 10.2. The number of anilines is 2. The van der Waals surface area contributed by atoms with Crippen molar-refractivity contribution >= 4 is 33.6 Å². The van der Waals surface area contributed by atoms with E-state index < -0.39 is 5.97 Å². The summed E-state index contributed by atoms with van der Waals surface area (Å²) in [6, 6.07) is 5.88. The molecule has 6 heteroatoms. The van der Waals surface area contributed by atoms with E-state index in [2.05, 4.69) is 26.2 Å². The van der Waals surface area contributed by atoms with Gasteiger partial charge in [0.2, 0.25) is 0 Å². The minimum atomic E-state index is -1.12. The van der Waals surface area contributed by atoms with Crippen LogP contribution in [0.3, 0.4) is 0 Å². The van der Waals surface area contributed by atoms with Crippen LogP contribution in [0.5, 0.6) is 0 Å². The maximum absolute atomic E-state index is 10.6. The van der Waals surface area contributed by atoms with Crippen molar-refractivity contribution in [2.24, 2.45) is 0 Å². The molecule has 5 nitrogen and oxygen atoms in total. The van der Waals surface area contributed by atoms with Crippen molar-refractivity contribution in [2.75, 3.05) is 5.32 Å². The second-order valence-electron chi connectivity index (χ2n) is 3.45. The number of oxazole rings is 1. The van der Waals surface area contributed by atoms with Crippen LogP contribution in [0, 0.1) is 6.92 Å². The highest BCUT2D eigenvalue weighted by Gasteiger charge is 2.11. The molecule has 0 aliphatic carbocycles. The molecule has 1 heterocycles. The molecule has 2 rings (SSSR count). The predicted octanol–water partition coefficient (Wildman–Crippen LogP) is 3.19. The van der Waals surface area contributed by atoms with Gasteiger partial charge in [-0.05, 0) is 40.5 Å². The molecule has 2 aromatic rings. The molecule has 0 aliphatic heterocycles. The summed E-state index contributed by atoms with van der Waals surface area (Å²) >= 11 is 3.38. The second kappa shape index (κ2) is 4.58. The van der Waals surface area contributed by atoms with Crippen LogP contribution in [0.4, 0.5) is 11.7 Å². The van der Waals surface area contributed by atoms with E-state index in [1.165, 1.54) is 0 Å². The van der Waals surface area contributed by atoms with Crippen LogP contribution >= 0.6 is 15.9 Å². The Morgan fingerprint density at radius 3 is 2.94 bits per heavy atom. The van der Waals surface area contributed by atoms with Crippen molar-refractivity contribution < 1.29 is 14.3 Å². The zero-order valence-corrected chi connectivity index (χ0v) is 10.5. The van der Waals surface area contributed by atoms with Gasteiger partial charge >= 0.3 is 5.97 Å². The number of carboxylic acid groups (broad SMARTS) is 1. The number of benzene rings is 1. The Balaban J connectivity index is 2.25. The number of aromatic carboxylic acids is 1. The summed E-state index contributed by atoms with van der Waals surface area (Å²) in [7, 11) is 0. The van der Waals surface area contributed by atoms with Gasteiger partial charge in [0.15, 0.2) is 5.69 Å². The third-order valence-electron chi connectivity index (χ3n) is 2.09. The highest BCUT2D eigenvalue weighted by molar-refractivity contribution is 9.10. The third kappa shape index (κ3) is 2.65. The van der Waals surface area contributed by atoms with Gasteiger partial charge in [-0.25, -0.2) is 4.79 Å². The molecule has 0 amide bonds. The molecule has 2 N–H and O–H groups in total. The fraction of sp³-hybridized carbons (Fsp3) is 0.0909. The molecule has 88 valence electrons. The maximum atomic E-state index is 10.6. The normalized spacial score (nSPS) is 10.2. The van der Waals surface area contributed by atoms with Gasteiger partial charge in [-0.3, -0.25) is 0 Å². The van der Waals surface area contributed by atoms with Crippen LogP contribution in [-0.4, -0.2) is 16.1 Å². The Morgan fingerprint density at radius 1 is 1.53 bits per heavy atom. The summed E-state index contributed by atoms with van der Waals surface area (Å²) in [6.45, 7) is 1.95. The summed E-state index contributed by atoms with van der Waals surface area (Å²) in [5.74, 6) is -1.12. The maximum Gasteiger partial charge on any atom is 0.357 e. The third-order valence-corrected chi connectivity index (χ3v) is 2.78. The lowest BCUT2D eigenvalue weighted by Crippen LogP contribution is -1.97. The van der Waals surface area contributed by atoms with Crippen LogP contribution < -0.4 is 5.32 Å². The smallest absolute Gasteiger partial charge is 0.357 e. The fourth-order valence-corrected chi connectivity index (χ4v) is 1.63. The van der Waals surface area contributed by atoms with Crippen LogP contribution in [-0.2, 0) is 0 Å².